The van der Waals surface area contributed by atoms with Gasteiger partial charge in [-0.25, -0.2) is 0 Å². The predicted molar refractivity (Wildman–Crippen MR) is 71.3 cm³/mol. The van der Waals surface area contributed by atoms with E-state index in [1.807, 2.05) is 7.11 Å². The summed E-state index contributed by atoms with van der Waals surface area (Å²) < 4.78 is 5.43. The van der Waals surface area contributed by atoms with Crippen LogP contribution in [0.3, 0.4) is 0 Å². The van der Waals surface area contributed by atoms with Gasteiger partial charge in [0.15, 0.2) is 0 Å². The van der Waals surface area contributed by atoms with Crippen molar-refractivity contribution < 1.29 is 4.74 Å². The lowest BCUT2D eigenvalue weighted by atomic mass is 10.0. The first-order valence-corrected chi connectivity index (χ1v) is 7.22. The molecular weight excluding hydrogens is 212 g/mol. The van der Waals surface area contributed by atoms with Crippen LogP contribution in [0.1, 0.15) is 46.0 Å². The van der Waals surface area contributed by atoms with Gasteiger partial charge in [0.2, 0.25) is 0 Å². The lowest BCUT2D eigenvalue weighted by molar-refractivity contribution is 0.105. The van der Waals surface area contributed by atoms with Crippen LogP contribution in [0.25, 0.3) is 0 Å². The number of nitrogens with one attached hydrogen (secondary N) is 1. The number of rotatable bonds is 4. The SMILES string of the molecule is COC1CCC(NC2CCN(C(C)C)CC2)C1. The molecule has 1 N–H and O–H groups in total. The van der Waals surface area contributed by atoms with Gasteiger partial charge in [0.25, 0.3) is 0 Å². The Morgan fingerprint density at radius 2 is 1.76 bits per heavy atom. The molecule has 2 atom stereocenters. The number of nitrogens with zero attached hydrogens (tertiary/aromatic N) is 1. The third kappa shape index (κ3) is 3.67. The van der Waals surface area contributed by atoms with Crippen LogP contribution in [0, 0.1) is 0 Å². The number of likely N-dealkylation sites (tertiary alicyclic amines) is 1. The zero-order chi connectivity index (χ0) is 12.3. The molecule has 1 aliphatic heterocycles. The summed E-state index contributed by atoms with van der Waals surface area (Å²) in [4.78, 5) is 2.59. The zero-order valence-electron chi connectivity index (χ0n) is 11.6. The highest BCUT2D eigenvalue weighted by molar-refractivity contribution is 4.86. The maximum atomic E-state index is 5.43. The van der Waals surface area contributed by atoms with Gasteiger partial charge in [-0.2, -0.15) is 0 Å². The first-order chi connectivity index (χ1) is 8.19. The summed E-state index contributed by atoms with van der Waals surface area (Å²) in [7, 11) is 1.84. The molecule has 1 saturated heterocycles. The van der Waals surface area contributed by atoms with Crippen LogP contribution < -0.4 is 5.32 Å². The number of ether oxygens (including phenoxy) is 1. The minimum atomic E-state index is 0.503. The molecule has 3 nitrogen and oxygen atoms in total. The van der Waals surface area contributed by atoms with Crippen LogP contribution >= 0.6 is 0 Å². The molecule has 17 heavy (non-hydrogen) atoms. The van der Waals surface area contributed by atoms with Crippen molar-refractivity contribution in [1.29, 1.82) is 0 Å². The summed E-state index contributed by atoms with van der Waals surface area (Å²) in [5.41, 5.74) is 0. The summed E-state index contributed by atoms with van der Waals surface area (Å²) in [5.74, 6) is 0. The van der Waals surface area contributed by atoms with Crippen molar-refractivity contribution in [2.75, 3.05) is 20.2 Å². The summed E-state index contributed by atoms with van der Waals surface area (Å²) in [5, 5.41) is 3.83. The zero-order valence-corrected chi connectivity index (χ0v) is 11.6. The van der Waals surface area contributed by atoms with Gasteiger partial charge < -0.3 is 15.0 Å². The molecule has 100 valence electrons. The molecule has 0 radical (unpaired) electrons. The summed E-state index contributed by atoms with van der Waals surface area (Å²) in [6.07, 6.45) is 6.87. The Bertz CT molecular complexity index is 224. The van der Waals surface area contributed by atoms with E-state index in [0.29, 0.717) is 18.2 Å². The van der Waals surface area contributed by atoms with E-state index < -0.39 is 0 Å². The van der Waals surface area contributed by atoms with Crippen LogP contribution in [0.4, 0.5) is 0 Å². The van der Waals surface area contributed by atoms with Gasteiger partial charge in [0, 0.05) is 25.2 Å². The molecule has 2 aliphatic rings. The maximum absolute atomic E-state index is 5.43. The Morgan fingerprint density at radius 1 is 1.06 bits per heavy atom. The summed E-state index contributed by atoms with van der Waals surface area (Å²) >= 11 is 0. The second-order valence-corrected chi connectivity index (χ2v) is 5.94. The normalized spacial score (nSPS) is 32.5. The Kier molecular flexibility index (Phi) is 4.83. The maximum Gasteiger partial charge on any atom is 0.0586 e. The van der Waals surface area contributed by atoms with Crippen molar-refractivity contribution in [1.82, 2.24) is 10.2 Å². The predicted octanol–water partition coefficient (Wildman–Crippen LogP) is 2.02. The van der Waals surface area contributed by atoms with E-state index in [1.165, 1.54) is 45.2 Å². The van der Waals surface area contributed by atoms with Crippen molar-refractivity contribution in [2.24, 2.45) is 0 Å². The van der Waals surface area contributed by atoms with Crippen LogP contribution in [0.5, 0.6) is 0 Å². The van der Waals surface area contributed by atoms with Crippen LogP contribution in [-0.4, -0.2) is 49.3 Å². The highest BCUT2D eigenvalue weighted by atomic mass is 16.5. The van der Waals surface area contributed by atoms with Crippen molar-refractivity contribution in [3.63, 3.8) is 0 Å². The Balaban J connectivity index is 1.68. The fourth-order valence-corrected chi connectivity index (χ4v) is 3.22. The van der Waals surface area contributed by atoms with Crippen LogP contribution in [-0.2, 0) is 4.74 Å². The molecular formula is C14H28N2O. The van der Waals surface area contributed by atoms with Crippen molar-refractivity contribution >= 4 is 0 Å². The number of hydrogen-bond acceptors (Lipinski definition) is 3. The monoisotopic (exact) mass is 240 g/mol. The van der Waals surface area contributed by atoms with Crippen molar-refractivity contribution in [3.05, 3.63) is 0 Å². The third-order valence-electron chi connectivity index (χ3n) is 4.45. The molecule has 1 saturated carbocycles. The highest BCUT2D eigenvalue weighted by Gasteiger charge is 2.28. The van der Waals surface area contributed by atoms with Gasteiger partial charge in [-0.3, -0.25) is 0 Å². The largest absolute Gasteiger partial charge is 0.381 e. The highest BCUT2D eigenvalue weighted by Crippen LogP contribution is 2.23. The molecule has 2 unspecified atom stereocenters. The van der Waals surface area contributed by atoms with Gasteiger partial charge in [0.05, 0.1) is 6.10 Å². The molecule has 1 aliphatic carbocycles. The molecule has 1 heterocycles. The van der Waals surface area contributed by atoms with Crippen LogP contribution in [0.2, 0.25) is 0 Å². The smallest absolute Gasteiger partial charge is 0.0586 e. The number of piperidine rings is 1. The topological polar surface area (TPSA) is 24.5 Å². The average Bonchev–Trinajstić information content (AvgIpc) is 2.77. The van der Waals surface area contributed by atoms with E-state index >= 15 is 0 Å². The molecule has 3 heteroatoms. The van der Waals surface area contributed by atoms with E-state index in [2.05, 4.69) is 24.1 Å². The van der Waals surface area contributed by atoms with E-state index in [1.54, 1.807) is 0 Å². The Hall–Kier alpha value is -0.120. The van der Waals surface area contributed by atoms with E-state index in [0.717, 1.165) is 6.04 Å². The van der Waals surface area contributed by atoms with Crippen LogP contribution in [0.15, 0.2) is 0 Å². The second kappa shape index (κ2) is 6.17. The molecule has 2 fully saturated rings. The lowest BCUT2D eigenvalue weighted by Crippen LogP contribution is -2.47. The van der Waals surface area contributed by atoms with Gasteiger partial charge in [-0.15, -0.1) is 0 Å². The molecule has 0 spiro atoms. The van der Waals surface area contributed by atoms with Crippen molar-refractivity contribution in [3.8, 4) is 0 Å². The van der Waals surface area contributed by atoms with E-state index in [4.69, 9.17) is 4.74 Å². The first-order valence-electron chi connectivity index (χ1n) is 7.22. The van der Waals surface area contributed by atoms with Crippen molar-refractivity contribution in [2.45, 2.75) is 70.2 Å². The fraction of sp³-hybridized carbons (Fsp3) is 1.00. The fourth-order valence-electron chi connectivity index (χ4n) is 3.22. The average molecular weight is 240 g/mol. The quantitative estimate of drug-likeness (QED) is 0.813. The third-order valence-corrected chi connectivity index (χ3v) is 4.45. The van der Waals surface area contributed by atoms with E-state index in [-0.39, 0.29) is 0 Å². The lowest BCUT2D eigenvalue weighted by Gasteiger charge is -2.36. The van der Waals surface area contributed by atoms with Gasteiger partial charge in [0.1, 0.15) is 0 Å². The molecule has 0 amide bonds. The summed E-state index contributed by atoms with van der Waals surface area (Å²) in [6.45, 7) is 7.12. The Labute approximate surface area is 106 Å². The molecule has 0 aromatic carbocycles. The van der Waals surface area contributed by atoms with Gasteiger partial charge in [-0.05, 0) is 59.0 Å². The number of hydrogen-bond donors (Lipinski definition) is 1. The minimum absolute atomic E-state index is 0.503. The number of methoxy groups -OCH3 is 1. The Morgan fingerprint density at radius 3 is 2.29 bits per heavy atom. The molecule has 0 aromatic rings. The second-order valence-electron chi connectivity index (χ2n) is 5.94. The molecule has 0 bridgehead atoms. The molecule has 0 aromatic heterocycles. The van der Waals surface area contributed by atoms with E-state index in [9.17, 15) is 0 Å². The molecule has 2 rings (SSSR count). The summed E-state index contributed by atoms with van der Waals surface area (Å²) in [6, 6.07) is 2.15. The van der Waals surface area contributed by atoms with Gasteiger partial charge in [-0.1, -0.05) is 0 Å². The first kappa shape index (κ1) is 13.3. The minimum Gasteiger partial charge on any atom is -0.381 e. The van der Waals surface area contributed by atoms with Gasteiger partial charge >= 0.3 is 0 Å². The standard InChI is InChI=1S/C14H28N2O/c1-11(2)16-8-6-12(7-9-16)15-13-4-5-14(10-13)17-3/h11-15H,4-10H2,1-3H3.